The normalized spacial score (nSPS) is 9.95. The van der Waals surface area contributed by atoms with Gasteiger partial charge in [-0.3, -0.25) is 4.79 Å². The van der Waals surface area contributed by atoms with Crippen LogP contribution in [0.15, 0.2) is 42.7 Å². The van der Waals surface area contributed by atoms with Crippen LogP contribution in [0.3, 0.4) is 0 Å². The monoisotopic (exact) mass is 258 g/mol. The Hall–Kier alpha value is -2.56. The van der Waals surface area contributed by atoms with Gasteiger partial charge in [0.2, 0.25) is 0 Å². The fraction of sp³-hybridized carbons (Fsp3) is 0.143. The molecule has 0 fully saturated rings. The second-order valence-corrected chi connectivity index (χ2v) is 3.82. The molecule has 0 saturated heterocycles. The molecule has 0 aliphatic carbocycles. The fourth-order valence-corrected chi connectivity index (χ4v) is 1.64. The van der Waals surface area contributed by atoms with Crippen LogP contribution < -0.4 is 5.32 Å². The molecule has 0 spiro atoms. The minimum atomic E-state index is -0.451. The summed E-state index contributed by atoms with van der Waals surface area (Å²) in [7, 11) is 0. The average molecular weight is 258 g/mol. The van der Waals surface area contributed by atoms with Gasteiger partial charge in [-0.2, -0.15) is 0 Å². The van der Waals surface area contributed by atoms with Crippen molar-refractivity contribution in [2.75, 3.05) is 11.9 Å². The van der Waals surface area contributed by atoms with Gasteiger partial charge in [0.15, 0.2) is 0 Å². The van der Waals surface area contributed by atoms with Gasteiger partial charge in [0, 0.05) is 12.4 Å². The van der Waals surface area contributed by atoms with Gasteiger partial charge in [0.1, 0.15) is 0 Å². The Morgan fingerprint density at radius 3 is 2.74 bits per heavy atom. The zero-order valence-corrected chi connectivity index (χ0v) is 10.5. The van der Waals surface area contributed by atoms with E-state index in [9.17, 15) is 9.59 Å². The second-order valence-electron chi connectivity index (χ2n) is 3.82. The molecule has 0 saturated carbocycles. The van der Waals surface area contributed by atoms with Crippen molar-refractivity contribution < 1.29 is 14.3 Å². The molecule has 98 valence electrons. The minimum Gasteiger partial charge on any atom is -0.462 e. The van der Waals surface area contributed by atoms with Crippen molar-refractivity contribution in [3.8, 4) is 0 Å². The molecular weight excluding hydrogens is 244 g/mol. The van der Waals surface area contributed by atoms with Crippen LogP contribution in [0.25, 0.3) is 0 Å². The highest BCUT2D eigenvalue weighted by atomic mass is 16.5. The van der Waals surface area contributed by atoms with Crippen molar-refractivity contribution in [2.24, 2.45) is 0 Å². The van der Waals surface area contributed by atoms with Gasteiger partial charge in [-0.15, -0.1) is 0 Å². The highest BCUT2D eigenvalue weighted by Gasteiger charge is 2.14. The highest BCUT2D eigenvalue weighted by Crippen LogP contribution is 2.17. The van der Waals surface area contributed by atoms with Gasteiger partial charge in [0.05, 0.1) is 23.4 Å². The predicted molar refractivity (Wildman–Crippen MR) is 71.1 cm³/mol. The molecule has 0 aliphatic rings. The first kappa shape index (κ1) is 12.9. The Kier molecular flexibility index (Phi) is 3.97. The second kappa shape index (κ2) is 5.86. The summed E-state index contributed by atoms with van der Waals surface area (Å²) < 4.78 is 4.94. The van der Waals surface area contributed by atoms with Crippen molar-refractivity contribution in [1.29, 1.82) is 0 Å². The molecule has 1 aromatic heterocycles. The summed E-state index contributed by atoms with van der Waals surface area (Å²) in [4.78, 5) is 26.5. The number of amides is 1. The lowest BCUT2D eigenvalue weighted by molar-refractivity contribution is 0.0527. The van der Waals surface area contributed by atoms with E-state index >= 15 is 0 Å². The van der Waals surface area contributed by atoms with E-state index in [-0.39, 0.29) is 5.91 Å². The maximum atomic E-state index is 11.9. The Bertz CT molecular complexity index is 576. The third-order valence-electron chi connectivity index (χ3n) is 2.53. The summed E-state index contributed by atoms with van der Waals surface area (Å²) in [6.45, 7) is 2.03. The number of H-pyrrole nitrogens is 1. The molecule has 0 atom stereocenters. The molecule has 2 rings (SSSR count). The molecule has 5 nitrogen and oxygen atoms in total. The summed E-state index contributed by atoms with van der Waals surface area (Å²) in [6.07, 6.45) is 3.24. The number of carbonyl (C=O) groups is 2. The Morgan fingerprint density at radius 1 is 1.26 bits per heavy atom. The largest absolute Gasteiger partial charge is 0.462 e. The summed E-state index contributed by atoms with van der Waals surface area (Å²) in [5.41, 5.74) is 1.28. The summed E-state index contributed by atoms with van der Waals surface area (Å²) in [5, 5.41) is 2.69. The summed E-state index contributed by atoms with van der Waals surface area (Å²) in [5.74, 6) is -0.731. The van der Waals surface area contributed by atoms with Gasteiger partial charge in [-0.1, -0.05) is 12.1 Å². The van der Waals surface area contributed by atoms with E-state index in [4.69, 9.17) is 4.74 Å². The third kappa shape index (κ3) is 3.01. The minimum absolute atomic E-state index is 0.280. The average Bonchev–Trinajstić information content (AvgIpc) is 2.93. The molecule has 1 aromatic carbocycles. The molecule has 1 heterocycles. The van der Waals surface area contributed by atoms with Crippen molar-refractivity contribution >= 4 is 17.6 Å². The van der Waals surface area contributed by atoms with Crippen molar-refractivity contribution in [1.82, 2.24) is 4.98 Å². The maximum Gasteiger partial charge on any atom is 0.340 e. The van der Waals surface area contributed by atoms with Crippen molar-refractivity contribution in [3.63, 3.8) is 0 Å². The topological polar surface area (TPSA) is 71.2 Å². The molecule has 5 heteroatoms. The summed E-state index contributed by atoms with van der Waals surface area (Å²) in [6, 6.07) is 8.40. The summed E-state index contributed by atoms with van der Waals surface area (Å²) >= 11 is 0. The first-order chi connectivity index (χ1) is 9.22. The molecule has 2 aromatic rings. The molecule has 0 radical (unpaired) electrons. The number of rotatable bonds is 4. The third-order valence-corrected chi connectivity index (χ3v) is 2.53. The lowest BCUT2D eigenvalue weighted by atomic mass is 10.1. The van der Waals surface area contributed by atoms with Crippen LogP contribution in [-0.2, 0) is 4.74 Å². The fourth-order valence-electron chi connectivity index (χ4n) is 1.64. The number of para-hydroxylation sites is 1. The van der Waals surface area contributed by atoms with E-state index in [1.807, 2.05) is 0 Å². The van der Waals surface area contributed by atoms with E-state index in [0.717, 1.165) is 0 Å². The predicted octanol–water partition coefficient (Wildman–Crippen LogP) is 2.44. The van der Waals surface area contributed by atoms with Crippen LogP contribution in [0.2, 0.25) is 0 Å². The molecule has 0 aliphatic heterocycles. The number of nitrogens with one attached hydrogen (secondary N) is 2. The SMILES string of the molecule is CCOC(=O)c1ccccc1NC(=O)c1cc[nH]c1. The number of esters is 1. The Labute approximate surface area is 110 Å². The van der Waals surface area contributed by atoms with Crippen LogP contribution >= 0.6 is 0 Å². The number of anilines is 1. The van der Waals surface area contributed by atoms with Crippen LogP contribution in [-0.4, -0.2) is 23.5 Å². The zero-order chi connectivity index (χ0) is 13.7. The number of hydrogen-bond donors (Lipinski definition) is 2. The van der Waals surface area contributed by atoms with Crippen molar-refractivity contribution in [3.05, 3.63) is 53.9 Å². The van der Waals surface area contributed by atoms with Crippen LogP contribution in [0.4, 0.5) is 5.69 Å². The molecule has 1 amide bonds. The molecule has 2 N–H and O–H groups in total. The van der Waals surface area contributed by atoms with Crippen LogP contribution in [0.5, 0.6) is 0 Å². The molecule has 0 unspecified atom stereocenters. The van der Waals surface area contributed by atoms with E-state index in [1.54, 1.807) is 49.6 Å². The first-order valence-corrected chi connectivity index (χ1v) is 5.92. The van der Waals surface area contributed by atoms with Gasteiger partial charge in [-0.25, -0.2) is 4.79 Å². The van der Waals surface area contributed by atoms with Gasteiger partial charge < -0.3 is 15.0 Å². The smallest absolute Gasteiger partial charge is 0.340 e. The zero-order valence-electron chi connectivity index (χ0n) is 10.5. The number of benzene rings is 1. The van der Waals surface area contributed by atoms with Crippen LogP contribution in [0, 0.1) is 0 Å². The number of ether oxygens (including phenoxy) is 1. The number of aromatic amines is 1. The van der Waals surface area contributed by atoms with Crippen molar-refractivity contribution in [2.45, 2.75) is 6.92 Å². The lowest BCUT2D eigenvalue weighted by Crippen LogP contribution is -2.15. The highest BCUT2D eigenvalue weighted by molar-refractivity contribution is 6.07. The van der Waals surface area contributed by atoms with Crippen LogP contribution in [0.1, 0.15) is 27.6 Å². The van der Waals surface area contributed by atoms with E-state index in [1.165, 1.54) is 0 Å². The Morgan fingerprint density at radius 2 is 2.05 bits per heavy atom. The number of hydrogen-bond acceptors (Lipinski definition) is 3. The van der Waals surface area contributed by atoms with E-state index in [0.29, 0.717) is 23.4 Å². The number of carbonyl (C=O) groups excluding carboxylic acids is 2. The standard InChI is InChI=1S/C14H14N2O3/c1-2-19-14(18)11-5-3-4-6-12(11)16-13(17)10-7-8-15-9-10/h3-9,15H,2H2,1H3,(H,16,17). The van der Waals surface area contributed by atoms with Gasteiger partial charge >= 0.3 is 5.97 Å². The van der Waals surface area contributed by atoms with E-state index < -0.39 is 5.97 Å². The van der Waals surface area contributed by atoms with Gasteiger partial charge in [-0.05, 0) is 25.1 Å². The van der Waals surface area contributed by atoms with Gasteiger partial charge in [0.25, 0.3) is 5.91 Å². The first-order valence-electron chi connectivity index (χ1n) is 5.92. The molecule has 19 heavy (non-hydrogen) atoms. The number of aromatic nitrogens is 1. The van der Waals surface area contributed by atoms with E-state index in [2.05, 4.69) is 10.3 Å². The lowest BCUT2D eigenvalue weighted by Gasteiger charge is -2.09. The quantitative estimate of drug-likeness (QED) is 0.827. The molecular formula is C14H14N2O3. The molecule has 0 bridgehead atoms. The maximum absolute atomic E-state index is 11.9. The Balaban J connectivity index is 2.21.